The number of rotatable bonds is 11. The summed E-state index contributed by atoms with van der Waals surface area (Å²) in [4.78, 5) is 0. The Morgan fingerprint density at radius 3 is 2.13 bits per heavy atom. The molecule has 38 heavy (non-hydrogen) atoms. The highest BCUT2D eigenvalue weighted by Gasteiger charge is 2.26. The molecule has 204 valence electrons. The van der Waals surface area contributed by atoms with Crippen LogP contribution in [0, 0.1) is 29.2 Å². The van der Waals surface area contributed by atoms with E-state index in [9.17, 15) is 8.78 Å². The van der Waals surface area contributed by atoms with Crippen molar-refractivity contribution in [1.29, 1.82) is 0 Å². The molecule has 0 saturated heterocycles. The topological polar surface area (TPSA) is 18.5 Å². The van der Waals surface area contributed by atoms with Crippen molar-refractivity contribution in [2.75, 3.05) is 6.61 Å². The first kappa shape index (κ1) is 28.0. The maximum absolute atomic E-state index is 15.1. The summed E-state index contributed by atoms with van der Waals surface area (Å²) in [5.41, 5.74) is 1.22. The number of unbranched alkanes of at least 4 members (excludes halogenated alkanes) is 2. The van der Waals surface area contributed by atoms with E-state index in [1.807, 2.05) is 0 Å². The van der Waals surface area contributed by atoms with Crippen molar-refractivity contribution in [3.63, 3.8) is 0 Å². The van der Waals surface area contributed by atoms with Crippen molar-refractivity contribution < 1.29 is 27.0 Å². The van der Waals surface area contributed by atoms with Gasteiger partial charge in [-0.2, -0.15) is 4.39 Å². The smallest absolute Gasteiger partial charge is 0.201 e. The Hall–Kier alpha value is -3.02. The highest BCUT2D eigenvalue weighted by Crippen LogP contribution is 2.40. The van der Waals surface area contributed by atoms with Gasteiger partial charge in [0.25, 0.3) is 0 Å². The lowest BCUT2D eigenvalue weighted by molar-refractivity contribution is 0.289. The lowest BCUT2D eigenvalue weighted by atomic mass is 9.76. The normalized spacial score (nSPS) is 17.4. The molecule has 0 amide bonds. The Labute approximate surface area is 223 Å². The third kappa shape index (κ3) is 6.51. The summed E-state index contributed by atoms with van der Waals surface area (Å²) in [6.07, 6.45) is 8.92. The van der Waals surface area contributed by atoms with Crippen molar-refractivity contribution in [3.8, 4) is 22.6 Å². The first-order valence-electron chi connectivity index (χ1n) is 13.7. The van der Waals surface area contributed by atoms with Gasteiger partial charge >= 0.3 is 0 Å². The van der Waals surface area contributed by atoms with Crippen LogP contribution in [0.1, 0.15) is 82.3 Å². The van der Waals surface area contributed by atoms with E-state index in [-0.39, 0.29) is 36.0 Å². The van der Waals surface area contributed by atoms with Crippen LogP contribution >= 0.6 is 0 Å². The molecule has 0 radical (unpaired) electrons. The molecule has 0 bridgehead atoms. The monoisotopic (exact) mass is 528 g/mol. The number of benzene rings is 3. The van der Waals surface area contributed by atoms with Crippen molar-refractivity contribution in [2.24, 2.45) is 5.92 Å². The predicted octanol–water partition coefficient (Wildman–Crippen LogP) is 9.74. The van der Waals surface area contributed by atoms with Gasteiger partial charge in [-0.3, -0.25) is 0 Å². The molecule has 0 unspecified atom stereocenters. The maximum Gasteiger partial charge on any atom is 0.201 e. The zero-order chi connectivity index (χ0) is 27.1. The molecule has 3 aromatic carbocycles. The van der Waals surface area contributed by atoms with Crippen LogP contribution in [0.15, 0.2) is 48.5 Å². The van der Waals surface area contributed by atoms with Crippen molar-refractivity contribution in [1.82, 2.24) is 0 Å². The number of hydrogen-bond donors (Lipinski definition) is 0. The maximum atomic E-state index is 15.1. The second kappa shape index (κ2) is 13.2. The van der Waals surface area contributed by atoms with Crippen LogP contribution < -0.4 is 9.47 Å². The van der Waals surface area contributed by atoms with Crippen molar-refractivity contribution in [3.05, 3.63) is 82.9 Å². The molecule has 3 aromatic rings. The van der Waals surface area contributed by atoms with Crippen molar-refractivity contribution >= 4 is 0 Å². The SMILES string of the molecule is CCCCCC1CCC(c2ccc(-c3ccc(OCc4ccc(OCC)c(F)c4F)cc3)c(F)c2F)CC1. The van der Waals surface area contributed by atoms with Crippen LogP contribution in [-0.4, -0.2) is 6.61 Å². The fourth-order valence-electron chi connectivity index (χ4n) is 5.39. The Balaban J connectivity index is 1.39. The zero-order valence-corrected chi connectivity index (χ0v) is 22.2. The van der Waals surface area contributed by atoms with Gasteiger partial charge in [0.2, 0.25) is 5.82 Å². The van der Waals surface area contributed by atoms with Crippen molar-refractivity contribution in [2.45, 2.75) is 77.7 Å². The van der Waals surface area contributed by atoms with E-state index >= 15 is 8.78 Å². The third-order valence-electron chi connectivity index (χ3n) is 7.60. The Bertz CT molecular complexity index is 1200. The molecule has 2 nitrogen and oxygen atoms in total. The summed E-state index contributed by atoms with van der Waals surface area (Å²) in [6.45, 7) is 3.93. The van der Waals surface area contributed by atoms with Gasteiger partial charge in [0.15, 0.2) is 23.2 Å². The minimum Gasteiger partial charge on any atom is -0.491 e. The second-order valence-corrected chi connectivity index (χ2v) is 10.1. The molecule has 0 heterocycles. The van der Waals surface area contributed by atoms with Crippen LogP contribution in [0.2, 0.25) is 0 Å². The molecule has 1 fully saturated rings. The average molecular weight is 529 g/mol. The van der Waals surface area contributed by atoms with E-state index in [2.05, 4.69) is 6.92 Å². The number of hydrogen-bond acceptors (Lipinski definition) is 2. The van der Waals surface area contributed by atoms with Crippen LogP contribution in [0.4, 0.5) is 17.6 Å². The molecule has 1 aliphatic carbocycles. The molecule has 1 saturated carbocycles. The largest absolute Gasteiger partial charge is 0.491 e. The van der Waals surface area contributed by atoms with Crippen LogP contribution in [0.25, 0.3) is 11.1 Å². The first-order chi connectivity index (χ1) is 18.4. The van der Waals surface area contributed by atoms with E-state index in [0.29, 0.717) is 22.8 Å². The lowest BCUT2D eigenvalue weighted by Gasteiger charge is -2.29. The number of ether oxygens (including phenoxy) is 2. The Morgan fingerprint density at radius 1 is 0.711 bits per heavy atom. The van der Waals surface area contributed by atoms with Crippen LogP contribution in [0.3, 0.4) is 0 Å². The molecule has 0 aliphatic heterocycles. The minimum absolute atomic E-state index is 0.0497. The highest BCUT2D eigenvalue weighted by molar-refractivity contribution is 5.65. The van der Waals surface area contributed by atoms with Crippen LogP contribution in [0.5, 0.6) is 11.5 Å². The molecular formula is C32H36F4O2. The molecular weight excluding hydrogens is 492 g/mol. The van der Waals surface area contributed by atoms with E-state index in [1.54, 1.807) is 43.3 Å². The molecule has 4 rings (SSSR count). The minimum atomic E-state index is -1.05. The summed E-state index contributed by atoms with van der Waals surface area (Å²) >= 11 is 0. The van der Waals surface area contributed by atoms with Gasteiger partial charge in [0.05, 0.1) is 6.61 Å². The lowest BCUT2D eigenvalue weighted by Crippen LogP contribution is -2.15. The first-order valence-corrected chi connectivity index (χ1v) is 13.7. The molecule has 1 aliphatic rings. The summed E-state index contributed by atoms with van der Waals surface area (Å²) in [5.74, 6) is -2.65. The van der Waals surface area contributed by atoms with Gasteiger partial charge in [0.1, 0.15) is 12.4 Å². The third-order valence-corrected chi connectivity index (χ3v) is 7.60. The summed E-state index contributed by atoms with van der Waals surface area (Å²) in [5, 5.41) is 0. The van der Waals surface area contributed by atoms with Gasteiger partial charge < -0.3 is 9.47 Å². The van der Waals surface area contributed by atoms with Gasteiger partial charge in [-0.1, -0.05) is 56.9 Å². The average Bonchev–Trinajstić information content (AvgIpc) is 2.93. The van der Waals surface area contributed by atoms with E-state index in [4.69, 9.17) is 9.47 Å². The Morgan fingerprint density at radius 2 is 1.45 bits per heavy atom. The molecule has 0 aromatic heterocycles. The fourth-order valence-corrected chi connectivity index (χ4v) is 5.39. The van der Waals surface area contributed by atoms with E-state index < -0.39 is 23.3 Å². The van der Waals surface area contributed by atoms with Gasteiger partial charge in [-0.05, 0) is 79.8 Å². The molecule has 0 atom stereocenters. The summed E-state index contributed by atoms with van der Waals surface area (Å²) in [6, 6.07) is 12.6. The number of halogens is 4. The molecule has 0 N–H and O–H groups in total. The Kier molecular flexibility index (Phi) is 9.70. The fraction of sp³-hybridized carbons (Fsp3) is 0.438. The standard InChI is InChI=1S/C32H36F4O2/c1-3-5-6-7-21-8-10-22(11-9-21)26-17-18-27(31(35)30(26)34)23-12-15-25(16-13-23)38-20-24-14-19-28(37-4-2)32(36)29(24)33/h12-19,21-22H,3-11,20H2,1-2H3. The van der Waals surface area contributed by atoms with Gasteiger partial charge in [-0.25, -0.2) is 13.2 Å². The van der Waals surface area contributed by atoms with Gasteiger partial charge in [-0.15, -0.1) is 0 Å². The van der Waals surface area contributed by atoms with Gasteiger partial charge in [0, 0.05) is 11.1 Å². The van der Waals surface area contributed by atoms with Crippen LogP contribution in [-0.2, 0) is 6.61 Å². The molecule has 6 heteroatoms. The zero-order valence-electron chi connectivity index (χ0n) is 22.2. The van der Waals surface area contributed by atoms with E-state index in [1.165, 1.54) is 37.8 Å². The summed E-state index contributed by atoms with van der Waals surface area (Å²) in [7, 11) is 0. The predicted molar refractivity (Wildman–Crippen MR) is 142 cm³/mol. The van der Waals surface area contributed by atoms with E-state index in [0.717, 1.165) is 25.7 Å². The summed E-state index contributed by atoms with van der Waals surface area (Å²) < 4.78 is 69.3. The second-order valence-electron chi connectivity index (χ2n) is 10.1. The molecule has 0 spiro atoms. The highest BCUT2D eigenvalue weighted by atomic mass is 19.2. The quantitative estimate of drug-likeness (QED) is 0.182.